The SMILES string of the molecule is C1CNCCN(Cc2n[nH]c(CN3CCNCCNCC3)n2)CCN1. The molecule has 3 heterocycles. The van der Waals surface area contributed by atoms with Crippen LogP contribution in [-0.2, 0) is 13.1 Å². The summed E-state index contributed by atoms with van der Waals surface area (Å²) in [6.45, 7) is 14.1. The molecular weight excluding hydrogens is 318 g/mol. The van der Waals surface area contributed by atoms with Crippen LogP contribution in [0.2, 0.25) is 0 Å². The van der Waals surface area contributed by atoms with E-state index in [1.54, 1.807) is 0 Å². The number of aromatic nitrogens is 3. The molecule has 0 aliphatic carbocycles. The van der Waals surface area contributed by atoms with E-state index in [2.05, 4.69) is 41.3 Å². The first-order chi connectivity index (χ1) is 12.4. The fraction of sp³-hybridized carbons (Fsp3) is 0.875. The van der Waals surface area contributed by atoms with Crippen LogP contribution in [0, 0.1) is 0 Å². The van der Waals surface area contributed by atoms with Crippen molar-refractivity contribution in [2.75, 3.05) is 78.5 Å². The van der Waals surface area contributed by atoms with Gasteiger partial charge in [-0.3, -0.25) is 14.9 Å². The molecule has 0 radical (unpaired) electrons. The molecule has 2 saturated heterocycles. The van der Waals surface area contributed by atoms with E-state index in [4.69, 9.17) is 4.98 Å². The highest BCUT2D eigenvalue weighted by atomic mass is 15.3. The molecule has 1 aromatic heterocycles. The zero-order valence-electron chi connectivity index (χ0n) is 15.2. The van der Waals surface area contributed by atoms with Crippen molar-refractivity contribution < 1.29 is 0 Å². The predicted molar refractivity (Wildman–Crippen MR) is 98.4 cm³/mol. The standard InChI is InChI=1S/C16H33N9/c1-2-18-6-10-24(9-5-17-1)13-15-21-16(23-22-15)14-25-11-7-19-3-4-20-8-12-25/h17-20H,1-14H2,(H,21,22,23). The molecule has 3 rings (SSSR count). The zero-order chi connectivity index (χ0) is 17.2. The summed E-state index contributed by atoms with van der Waals surface area (Å²) in [7, 11) is 0. The normalized spacial score (nSPS) is 23.0. The van der Waals surface area contributed by atoms with Crippen LogP contribution in [0.15, 0.2) is 0 Å². The third kappa shape index (κ3) is 6.96. The summed E-state index contributed by atoms with van der Waals surface area (Å²) in [5, 5.41) is 21.4. The summed E-state index contributed by atoms with van der Waals surface area (Å²) in [6, 6.07) is 0. The first-order valence-corrected chi connectivity index (χ1v) is 9.58. The fourth-order valence-corrected chi connectivity index (χ4v) is 3.23. The van der Waals surface area contributed by atoms with Crippen LogP contribution in [0.25, 0.3) is 0 Å². The largest absolute Gasteiger partial charge is 0.314 e. The molecule has 0 atom stereocenters. The topological polar surface area (TPSA) is 96.2 Å². The van der Waals surface area contributed by atoms with Crippen molar-refractivity contribution in [3.8, 4) is 0 Å². The van der Waals surface area contributed by atoms with E-state index in [0.717, 1.165) is 103 Å². The van der Waals surface area contributed by atoms with Gasteiger partial charge in [0.15, 0.2) is 5.82 Å². The Balaban J connectivity index is 1.48. The smallest absolute Gasteiger partial charge is 0.164 e. The van der Waals surface area contributed by atoms with Gasteiger partial charge in [0.25, 0.3) is 0 Å². The van der Waals surface area contributed by atoms with Crippen LogP contribution >= 0.6 is 0 Å². The Hall–Kier alpha value is -1.10. The highest BCUT2D eigenvalue weighted by molar-refractivity contribution is 4.91. The van der Waals surface area contributed by atoms with E-state index in [1.165, 1.54) is 0 Å². The molecule has 5 N–H and O–H groups in total. The van der Waals surface area contributed by atoms with Crippen LogP contribution < -0.4 is 21.3 Å². The third-order valence-electron chi connectivity index (χ3n) is 4.69. The summed E-state index contributed by atoms with van der Waals surface area (Å²) >= 11 is 0. The number of nitrogens with zero attached hydrogens (tertiary/aromatic N) is 4. The monoisotopic (exact) mass is 351 g/mol. The van der Waals surface area contributed by atoms with Gasteiger partial charge in [-0.1, -0.05) is 0 Å². The minimum absolute atomic E-state index is 0.809. The van der Waals surface area contributed by atoms with E-state index in [-0.39, 0.29) is 0 Å². The number of nitrogens with one attached hydrogen (secondary N) is 5. The fourth-order valence-electron chi connectivity index (χ4n) is 3.23. The Morgan fingerprint density at radius 3 is 1.64 bits per heavy atom. The van der Waals surface area contributed by atoms with Gasteiger partial charge in [-0.2, -0.15) is 5.10 Å². The maximum atomic E-state index is 4.72. The van der Waals surface area contributed by atoms with Crippen molar-refractivity contribution in [3.05, 3.63) is 11.6 Å². The second kappa shape index (κ2) is 10.8. The van der Waals surface area contributed by atoms with Gasteiger partial charge in [0, 0.05) is 78.5 Å². The maximum absolute atomic E-state index is 4.72. The highest BCUT2D eigenvalue weighted by Crippen LogP contribution is 2.03. The van der Waals surface area contributed by atoms with Crippen molar-refractivity contribution in [1.82, 2.24) is 46.2 Å². The molecule has 0 saturated carbocycles. The third-order valence-corrected chi connectivity index (χ3v) is 4.69. The molecule has 2 aliphatic heterocycles. The molecule has 25 heavy (non-hydrogen) atoms. The van der Waals surface area contributed by atoms with Crippen molar-refractivity contribution in [2.45, 2.75) is 13.1 Å². The van der Waals surface area contributed by atoms with E-state index in [0.29, 0.717) is 0 Å². The van der Waals surface area contributed by atoms with Crippen LogP contribution in [0.1, 0.15) is 11.6 Å². The molecule has 2 fully saturated rings. The van der Waals surface area contributed by atoms with E-state index < -0.39 is 0 Å². The number of hydrogen-bond donors (Lipinski definition) is 5. The molecule has 0 aromatic carbocycles. The number of hydrogen-bond acceptors (Lipinski definition) is 8. The highest BCUT2D eigenvalue weighted by Gasteiger charge is 2.13. The Bertz CT molecular complexity index is 417. The number of rotatable bonds is 4. The van der Waals surface area contributed by atoms with Gasteiger partial charge in [0.1, 0.15) is 5.82 Å². The van der Waals surface area contributed by atoms with Crippen molar-refractivity contribution in [2.24, 2.45) is 0 Å². The van der Waals surface area contributed by atoms with Crippen LogP contribution in [0.4, 0.5) is 0 Å². The van der Waals surface area contributed by atoms with E-state index in [1.807, 2.05) is 0 Å². The minimum atomic E-state index is 0.809. The molecule has 1 aromatic rings. The average Bonchev–Trinajstić information content (AvgIpc) is 3.12. The molecule has 142 valence electrons. The summed E-state index contributed by atoms with van der Waals surface area (Å²) in [5.74, 6) is 1.87. The lowest BCUT2D eigenvalue weighted by Crippen LogP contribution is -2.34. The molecular formula is C16H33N9. The van der Waals surface area contributed by atoms with Crippen LogP contribution in [0.5, 0.6) is 0 Å². The molecule has 2 aliphatic rings. The summed E-state index contributed by atoms with van der Waals surface area (Å²) in [6.07, 6.45) is 0. The van der Waals surface area contributed by atoms with Gasteiger partial charge in [-0.25, -0.2) is 4.98 Å². The number of H-pyrrole nitrogens is 1. The van der Waals surface area contributed by atoms with Gasteiger partial charge in [0.2, 0.25) is 0 Å². The predicted octanol–water partition coefficient (Wildman–Crippen LogP) is -2.21. The first kappa shape index (κ1) is 18.7. The molecule has 9 nitrogen and oxygen atoms in total. The molecule has 0 spiro atoms. The van der Waals surface area contributed by atoms with Gasteiger partial charge >= 0.3 is 0 Å². The minimum Gasteiger partial charge on any atom is -0.314 e. The Morgan fingerprint density at radius 1 is 0.640 bits per heavy atom. The lowest BCUT2D eigenvalue weighted by atomic mass is 10.4. The summed E-state index contributed by atoms with van der Waals surface area (Å²) in [4.78, 5) is 9.55. The Labute approximate surface area is 150 Å². The molecule has 0 amide bonds. The second-order valence-corrected chi connectivity index (χ2v) is 6.75. The van der Waals surface area contributed by atoms with Gasteiger partial charge in [0.05, 0.1) is 13.1 Å². The summed E-state index contributed by atoms with van der Waals surface area (Å²) < 4.78 is 0. The van der Waals surface area contributed by atoms with Gasteiger partial charge in [-0.05, 0) is 0 Å². The maximum Gasteiger partial charge on any atom is 0.164 e. The summed E-state index contributed by atoms with van der Waals surface area (Å²) in [5.41, 5.74) is 0. The van der Waals surface area contributed by atoms with E-state index >= 15 is 0 Å². The van der Waals surface area contributed by atoms with Gasteiger partial charge < -0.3 is 21.3 Å². The quantitative estimate of drug-likeness (QED) is 0.417. The van der Waals surface area contributed by atoms with E-state index in [9.17, 15) is 0 Å². The lowest BCUT2D eigenvalue weighted by Gasteiger charge is -2.20. The molecule has 9 heteroatoms. The number of aromatic amines is 1. The Morgan fingerprint density at radius 2 is 1.12 bits per heavy atom. The lowest BCUT2D eigenvalue weighted by molar-refractivity contribution is 0.262. The second-order valence-electron chi connectivity index (χ2n) is 6.75. The van der Waals surface area contributed by atoms with Crippen molar-refractivity contribution >= 4 is 0 Å². The van der Waals surface area contributed by atoms with Crippen LogP contribution in [-0.4, -0.2) is 104 Å². The van der Waals surface area contributed by atoms with Crippen molar-refractivity contribution in [3.63, 3.8) is 0 Å². The first-order valence-electron chi connectivity index (χ1n) is 9.58. The Kier molecular flexibility index (Phi) is 8.07. The molecule has 0 unspecified atom stereocenters. The average molecular weight is 352 g/mol. The van der Waals surface area contributed by atoms with Gasteiger partial charge in [-0.15, -0.1) is 0 Å². The van der Waals surface area contributed by atoms with Crippen LogP contribution in [0.3, 0.4) is 0 Å². The van der Waals surface area contributed by atoms with Crippen molar-refractivity contribution in [1.29, 1.82) is 0 Å². The molecule has 0 bridgehead atoms. The zero-order valence-corrected chi connectivity index (χ0v) is 15.2.